The minimum Gasteiger partial charge on any atom is -0.336 e. The molecular formula is C11H14N4S. The van der Waals surface area contributed by atoms with Crippen LogP contribution in [0.15, 0.2) is 6.33 Å². The Morgan fingerprint density at radius 2 is 2.44 bits per heavy atom. The average Bonchev–Trinajstić information content (AvgIpc) is 2.64. The van der Waals surface area contributed by atoms with Gasteiger partial charge < -0.3 is 5.84 Å². The molecule has 0 unspecified atom stereocenters. The molecule has 0 saturated carbocycles. The lowest BCUT2D eigenvalue weighted by atomic mass is 9.88. The molecule has 16 heavy (non-hydrogen) atoms. The normalized spacial score (nSPS) is 19.9. The summed E-state index contributed by atoms with van der Waals surface area (Å²) in [4.78, 5) is 6.68. The second-order valence-corrected chi connectivity index (χ2v) is 5.50. The minimum atomic E-state index is 0.385. The van der Waals surface area contributed by atoms with E-state index in [0.717, 1.165) is 16.6 Å². The molecule has 5 heteroatoms. The van der Waals surface area contributed by atoms with Crippen molar-refractivity contribution in [3.63, 3.8) is 0 Å². The molecule has 0 amide bonds. The molecule has 0 bridgehead atoms. The zero-order valence-corrected chi connectivity index (χ0v) is 9.97. The number of nitrogens with one attached hydrogen (secondary N) is 1. The maximum Gasteiger partial charge on any atom is 0.155 e. The van der Waals surface area contributed by atoms with Crippen molar-refractivity contribution in [3.8, 4) is 0 Å². The third-order valence-electron chi connectivity index (χ3n) is 3.33. The predicted molar refractivity (Wildman–Crippen MR) is 65.0 cm³/mol. The van der Waals surface area contributed by atoms with E-state index in [1.807, 2.05) is 0 Å². The van der Waals surface area contributed by atoms with E-state index >= 15 is 0 Å². The number of fused-ring (bicyclic) bond motifs is 3. The zero-order valence-electron chi connectivity index (χ0n) is 9.16. The first kappa shape index (κ1) is 9.84. The Hall–Kier alpha value is -1.36. The Kier molecular flexibility index (Phi) is 2.04. The highest BCUT2D eigenvalue weighted by atomic mass is 32.1. The summed E-state index contributed by atoms with van der Waals surface area (Å²) in [7, 11) is 0. The number of aromatic nitrogens is 2. The molecule has 2 aromatic rings. The number of hydrogen-bond acceptors (Lipinski definition) is 4. The van der Waals surface area contributed by atoms with Gasteiger partial charge in [-0.25, -0.2) is 9.66 Å². The largest absolute Gasteiger partial charge is 0.336 e. The van der Waals surface area contributed by atoms with Gasteiger partial charge in [0, 0.05) is 4.88 Å². The van der Waals surface area contributed by atoms with E-state index in [0.29, 0.717) is 11.4 Å². The van der Waals surface area contributed by atoms with E-state index in [9.17, 15) is 0 Å². The molecule has 3 rings (SSSR count). The van der Waals surface area contributed by atoms with Crippen LogP contribution in [0.1, 0.15) is 36.1 Å². The van der Waals surface area contributed by atoms with Crippen LogP contribution in [0.3, 0.4) is 0 Å². The van der Waals surface area contributed by atoms with Crippen molar-refractivity contribution >= 4 is 21.6 Å². The summed E-state index contributed by atoms with van der Waals surface area (Å²) >= 11 is 1.73. The molecule has 0 spiro atoms. The first-order chi connectivity index (χ1) is 7.68. The van der Waals surface area contributed by atoms with E-state index in [4.69, 9.17) is 11.3 Å². The fourth-order valence-electron chi connectivity index (χ4n) is 2.52. The molecule has 4 nitrogen and oxygen atoms in total. The minimum absolute atomic E-state index is 0.385. The Morgan fingerprint density at radius 1 is 1.62 bits per heavy atom. The molecule has 84 valence electrons. The van der Waals surface area contributed by atoms with Gasteiger partial charge in [0.1, 0.15) is 11.2 Å². The predicted octanol–water partition coefficient (Wildman–Crippen LogP) is 1.73. The van der Waals surface area contributed by atoms with Gasteiger partial charge in [-0.15, -0.1) is 11.3 Å². The maximum absolute atomic E-state index is 8.04. The zero-order chi connectivity index (χ0) is 11.3. The number of nitrogens with zero attached hydrogens (tertiary/aromatic N) is 2. The molecule has 1 atom stereocenters. The second kappa shape index (κ2) is 3.31. The molecule has 2 heterocycles. The van der Waals surface area contributed by atoms with Crippen LogP contribution in [-0.2, 0) is 6.42 Å². The lowest BCUT2D eigenvalue weighted by Crippen LogP contribution is -2.27. The Balaban J connectivity index is 2.45. The van der Waals surface area contributed by atoms with Gasteiger partial charge in [0.05, 0.1) is 5.39 Å². The summed E-state index contributed by atoms with van der Waals surface area (Å²) in [5, 5.41) is 9.01. The van der Waals surface area contributed by atoms with Crippen molar-refractivity contribution in [2.45, 2.75) is 32.1 Å². The Morgan fingerprint density at radius 3 is 3.25 bits per heavy atom. The summed E-state index contributed by atoms with van der Waals surface area (Å²) < 4.78 is 1.30. The van der Waals surface area contributed by atoms with E-state index in [1.54, 1.807) is 11.3 Å². The van der Waals surface area contributed by atoms with Crippen LogP contribution in [0.25, 0.3) is 10.2 Å². The topological polar surface area (TPSA) is 67.7 Å². The Labute approximate surface area is 97.2 Å². The molecule has 1 aliphatic carbocycles. The Bertz CT molecular complexity index is 610. The third-order valence-corrected chi connectivity index (χ3v) is 4.50. The van der Waals surface area contributed by atoms with Crippen molar-refractivity contribution < 1.29 is 0 Å². The van der Waals surface area contributed by atoms with Crippen LogP contribution in [0, 0.1) is 5.41 Å². The highest BCUT2D eigenvalue weighted by Crippen LogP contribution is 2.39. The molecule has 0 saturated heterocycles. The summed E-state index contributed by atoms with van der Waals surface area (Å²) in [5.74, 6) is 6.23. The monoisotopic (exact) mass is 234 g/mol. The van der Waals surface area contributed by atoms with Gasteiger partial charge in [-0.2, -0.15) is 0 Å². The van der Waals surface area contributed by atoms with Gasteiger partial charge in [-0.3, -0.25) is 5.41 Å². The summed E-state index contributed by atoms with van der Waals surface area (Å²) in [6, 6.07) is 0. The first-order valence-electron chi connectivity index (χ1n) is 5.51. The molecule has 1 aliphatic rings. The van der Waals surface area contributed by atoms with Crippen molar-refractivity contribution in [1.29, 1.82) is 5.41 Å². The van der Waals surface area contributed by atoms with Gasteiger partial charge >= 0.3 is 0 Å². The number of nitrogen functional groups attached to an aromatic ring is 1. The number of aryl methyl sites for hydroxylation is 1. The lowest BCUT2D eigenvalue weighted by Gasteiger charge is -2.18. The fourth-order valence-corrected chi connectivity index (χ4v) is 3.82. The fraction of sp³-hybridized carbons (Fsp3) is 0.455. The first-order valence-corrected chi connectivity index (χ1v) is 6.32. The molecular weight excluding hydrogens is 220 g/mol. The van der Waals surface area contributed by atoms with Crippen LogP contribution in [0.4, 0.5) is 0 Å². The van der Waals surface area contributed by atoms with Crippen LogP contribution >= 0.6 is 11.3 Å². The second-order valence-electron chi connectivity index (χ2n) is 4.41. The van der Waals surface area contributed by atoms with Crippen LogP contribution in [0.5, 0.6) is 0 Å². The molecule has 2 aromatic heterocycles. The molecule has 0 aromatic carbocycles. The van der Waals surface area contributed by atoms with Crippen molar-refractivity contribution in [2.24, 2.45) is 0 Å². The number of thiophene rings is 1. The van der Waals surface area contributed by atoms with Gasteiger partial charge in [0.25, 0.3) is 0 Å². The molecule has 0 radical (unpaired) electrons. The highest BCUT2D eigenvalue weighted by molar-refractivity contribution is 7.18. The summed E-state index contributed by atoms with van der Waals surface area (Å²) in [6.45, 7) is 2.23. The van der Waals surface area contributed by atoms with E-state index in [1.165, 1.54) is 34.3 Å². The smallest absolute Gasteiger partial charge is 0.155 e. The number of rotatable bonds is 0. The summed E-state index contributed by atoms with van der Waals surface area (Å²) in [5.41, 5.74) is 1.71. The summed E-state index contributed by atoms with van der Waals surface area (Å²) in [6.07, 6.45) is 5.11. The van der Waals surface area contributed by atoms with E-state index < -0.39 is 0 Å². The van der Waals surface area contributed by atoms with Crippen molar-refractivity contribution in [2.75, 3.05) is 5.84 Å². The van der Waals surface area contributed by atoms with Crippen molar-refractivity contribution in [3.05, 3.63) is 22.3 Å². The third kappa shape index (κ3) is 1.21. The van der Waals surface area contributed by atoms with Gasteiger partial charge in [-0.1, -0.05) is 6.92 Å². The van der Waals surface area contributed by atoms with Gasteiger partial charge in [0.15, 0.2) is 5.49 Å². The quantitative estimate of drug-likeness (QED) is 0.682. The average molecular weight is 234 g/mol. The van der Waals surface area contributed by atoms with Crippen LogP contribution < -0.4 is 11.3 Å². The lowest BCUT2D eigenvalue weighted by molar-refractivity contribution is 0.601. The number of hydrogen-bond donors (Lipinski definition) is 2. The van der Waals surface area contributed by atoms with Gasteiger partial charge in [0.2, 0.25) is 0 Å². The molecule has 0 aliphatic heterocycles. The SMILES string of the molecule is C[C@H]1CCCc2sc3ncn(N)c(=N)c3c21. The van der Waals surface area contributed by atoms with E-state index in [-0.39, 0.29) is 0 Å². The molecule has 0 fully saturated rings. The molecule has 3 N–H and O–H groups in total. The standard InChI is InChI=1S/C11H14N4S/c1-6-3-2-4-7-8(6)9-10(12)15(13)5-14-11(9)16-7/h5-6,12H,2-4,13H2,1H3/t6-/m0/s1. The van der Waals surface area contributed by atoms with Crippen molar-refractivity contribution in [1.82, 2.24) is 9.66 Å². The highest BCUT2D eigenvalue weighted by Gasteiger charge is 2.23. The van der Waals surface area contributed by atoms with E-state index in [2.05, 4.69) is 11.9 Å². The number of nitrogens with two attached hydrogens (primary N) is 1. The van der Waals surface area contributed by atoms with Gasteiger partial charge in [-0.05, 0) is 30.7 Å². The van der Waals surface area contributed by atoms with Crippen LogP contribution in [-0.4, -0.2) is 9.66 Å². The van der Waals surface area contributed by atoms with Crippen LogP contribution in [0.2, 0.25) is 0 Å². The maximum atomic E-state index is 8.04.